The number of aliphatic hydroxyl groups is 1. The summed E-state index contributed by atoms with van der Waals surface area (Å²) in [7, 11) is 0. The molecular formula is C22H26F3N3O3. The van der Waals surface area contributed by atoms with Crippen LogP contribution in [0.2, 0.25) is 0 Å². The van der Waals surface area contributed by atoms with Crippen molar-refractivity contribution < 1.29 is 27.8 Å². The number of carbonyl (C=O) groups is 1. The Hall–Kier alpha value is -2.78. The molecule has 1 amide bonds. The van der Waals surface area contributed by atoms with Crippen molar-refractivity contribution in [2.75, 3.05) is 36.9 Å². The lowest BCUT2D eigenvalue weighted by Crippen LogP contribution is -2.34. The van der Waals surface area contributed by atoms with Crippen LogP contribution in [0.5, 0.6) is 5.75 Å². The van der Waals surface area contributed by atoms with Crippen molar-refractivity contribution in [1.29, 1.82) is 0 Å². The third-order valence-electron chi connectivity index (χ3n) is 5.19. The van der Waals surface area contributed by atoms with Crippen LogP contribution in [0.1, 0.15) is 18.4 Å². The van der Waals surface area contributed by atoms with E-state index in [1.165, 1.54) is 12.1 Å². The molecule has 1 fully saturated rings. The molecule has 1 aliphatic rings. The summed E-state index contributed by atoms with van der Waals surface area (Å²) < 4.78 is 40.5. The third-order valence-corrected chi connectivity index (χ3v) is 5.19. The average Bonchev–Trinajstić information content (AvgIpc) is 2.74. The van der Waals surface area contributed by atoms with Crippen LogP contribution in [-0.2, 0) is 11.3 Å². The molecule has 0 unspecified atom stereocenters. The number of carbonyl (C=O) groups excluding carboxylic acids is 1. The number of nitrogens with zero attached hydrogens (tertiary/aromatic N) is 1. The number of hydrogen-bond acceptors (Lipinski definition) is 5. The van der Waals surface area contributed by atoms with Crippen molar-refractivity contribution in [3.05, 3.63) is 54.1 Å². The smallest absolute Gasteiger partial charge is 0.406 e. The van der Waals surface area contributed by atoms with Crippen molar-refractivity contribution in [3.63, 3.8) is 0 Å². The fourth-order valence-electron chi connectivity index (χ4n) is 3.52. The lowest BCUT2D eigenvalue weighted by molar-refractivity contribution is -0.274. The number of anilines is 2. The fourth-order valence-corrected chi connectivity index (χ4v) is 3.52. The molecule has 0 saturated carbocycles. The molecule has 6 nitrogen and oxygen atoms in total. The van der Waals surface area contributed by atoms with Crippen molar-refractivity contribution >= 4 is 17.3 Å². The van der Waals surface area contributed by atoms with Gasteiger partial charge in [-0.3, -0.25) is 9.69 Å². The van der Waals surface area contributed by atoms with Gasteiger partial charge in [0.15, 0.2) is 0 Å². The molecule has 168 valence electrons. The number of amides is 1. The lowest BCUT2D eigenvalue weighted by Gasteiger charge is -2.31. The topological polar surface area (TPSA) is 73.8 Å². The van der Waals surface area contributed by atoms with Gasteiger partial charge in [-0.05, 0) is 67.7 Å². The zero-order valence-electron chi connectivity index (χ0n) is 17.0. The first-order valence-electron chi connectivity index (χ1n) is 10.1. The summed E-state index contributed by atoms with van der Waals surface area (Å²) in [5, 5.41) is 15.1. The van der Waals surface area contributed by atoms with Crippen molar-refractivity contribution in [1.82, 2.24) is 4.90 Å². The zero-order valence-corrected chi connectivity index (χ0v) is 17.0. The molecule has 31 heavy (non-hydrogen) atoms. The number of hydrogen-bond donors (Lipinski definition) is 3. The summed E-state index contributed by atoms with van der Waals surface area (Å²) in [5.41, 5.74) is 2.31. The summed E-state index contributed by atoms with van der Waals surface area (Å²) in [6.07, 6.45) is -2.81. The number of nitrogens with one attached hydrogen (secondary N) is 2. The third kappa shape index (κ3) is 7.45. The highest BCUT2D eigenvalue weighted by atomic mass is 19.4. The second-order valence-corrected chi connectivity index (χ2v) is 7.53. The molecule has 0 atom stereocenters. The molecule has 2 aromatic carbocycles. The number of alkyl halides is 3. The first kappa shape index (κ1) is 22.9. The molecule has 0 radical (unpaired) electrons. The minimum atomic E-state index is -4.75. The first-order valence-corrected chi connectivity index (χ1v) is 10.1. The van der Waals surface area contributed by atoms with Gasteiger partial charge in [-0.1, -0.05) is 18.2 Å². The first-order chi connectivity index (χ1) is 14.8. The second-order valence-electron chi connectivity index (χ2n) is 7.53. The van der Waals surface area contributed by atoms with E-state index >= 15 is 0 Å². The molecular weight excluding hydrogens is 411 g/mol. The largest absolute Gasteiger partial charge is 0.573 e. The predicted octanol–water partition coefficient (Wildman–Crippen LogP) is 3.84. The van der Waals surface area contributed by atoms with Gasteiger partial charge in [0, 0.05) is 24.5 Å². The van der Waals surface area contributed by atoms with E-state index in [1.54, 1.807) is 0 Å². The number of halogens is 3. The number of para-hydroxylation sites is 1. The van der Waals surface area contributed by atoms with E-state index < -0.39 is 6.36 Å². The number of rotatable bonds is 8. The molecule has 0 spiro atoms. The minimum Gasteiger partial charge on any atom is -0.406 e. The van der Waals surface area contributed by atoms with E-state index in [9.17, 15) is 23.1 Å². The van der Waals surface area contributed by atoms with Crippen LogP contribution in [0.25, 0.3) is 0 Å². The highest BCUT2D eigenvalue weighted by Gasteiger charge is 2.31. The van der Waals surface area contributed by atoms with Gasteiger partial charge >= 0.3 is 6.36 Å². The van der Waals surface area contributed by atoms with Gasteiger partial charge in [-0.2, -0.15) is 0 Å². The van der Waals surface area contributed by atoms with Gasteiger partial charge in [0.25, 0.3) is 0 Å². The molecule has 3 N–H and O–H groups in total. The number of aliphatic hydroxyl groups excluding tert-OH is 1. The highest BCUT2D eigenvalue weighted by Crippen LogP contribution is 2.24. The summed E-state index contributed by atoms with van der Waals surface area (Å²) in [6.45, 7) is 2.86. The van der Waals surface area contributed by atoms with Gasteiger partial charge in [0.2, 0.25) is 5.91 Å². The quantitative estimate of drug-likeness (QED) is 0.585. The number of ether oxygens (including phenoxy) is 1. The van der Waals surface area contributed by atoms with Crippen molar-refractivity contribution in [2.24, 2.45) is 5.92 Å². The molecule has 3 rings (SSSR count). The highest BCUT2D eigenvalue weighted by molar-refractivity contribution is 5.93. The molecule has 9 heteroatoms. The van der Waals surface area contributed by atoms with Crippen molar-refractivity contribution in [2.45, 2.75) is 25.7 Å². The van der Waals surface area contributed by atoms with Crippen LogP contribution in [0, 0.1) is 5.92 Å². The maximum absolute atomic E-state index is 12.3. The van der Waals surface area contributed by atoms with Gasteiger partial charge in [-0.15, -0.1) is 13.2 Å². The molecule has 0 aromatic heterocycles. The van der Waals surface area contributed by atoms with E-state index in [4.69, 9.17) is 0 Å². The number of likely N-dealkylation sites (tertiary alicyclic amines) is 1. The minimum absolute atomic E-state index is 0.0183. The molecule has 1 aliphatic heterocycles. The Bertz CT molecular complexity index is 851. The summed E-state index contributed by atoms with van der Waals surface area (Å²) in [4.78, 5) is 14.6. The number of piperidine rings is 1. The van der Waals surface area contributed by atoms with Crippen LogP contribution in [0.15, 0.2) is 48.5 Å². The van der Waals surface area contributed by atoms with E-state index in [-0.39, 0.29) is 24.8 Å². The Morgan fingerprint density at radius 1 is 1.10 bits per heavy atom. The molecule has 1 saturated heterocycles. The van der Waals surface area contributed by atoms with Crippen molar-refractivity contribution in [3.8, 4) is 5.75 Å². The maximum atomic E-state index is 12.3. The Kier molecular flexibility index (Phi) is 7.75. The van der Waals surface area contributed by atoms with Crippen LogP contribution in [0.4, 0.5) is 24.5 Å². The summed E-state index contributed by atoms with van der Waals surface area (Å²) in [5.74, 6) is -0.286. The Morgan fingerprint density at radius 3 is 2.42 bits per heavy atom. The summed E-state index contributed by atoms with van der Waals surface area (Å²) in [6, 6.07) is 12.8. The van der Waals surface area contributed by atoms with E-state index in [0.29, 0.717) is 11.6 Å². The predicted molar refractivity (Wildman–Crippen MR) is 112 cm³/mol. The molecule has 0 aliphatic carbocycles. The molecule has 1 heterocycles. The lowest BCUT2D eigenvalue weighted by atomic mass is 9.97. The summed E-state index contributed by atoms with van der Waals surface area (Å²) >= 11 is 0. The van der Waals surface area contributed by atoms with E-state index in [1.807, 2.05) is 24.3 Å². The Balaban J connectivity index is 1.50. The fraction of sp³-hybridized carbons (Fsp3) is 0.409. The second kappa shape index (κ2) is 10.5. The normalized spacial score (nSPS) is 15.5. The van der Waals surface area contributed by atoms with Gasteiger partial charge < -0.3 is 20.5 Å². The maximum Gasteiger partial charge on any atom is 0.573 e. The Morgan fingerprint density at radius 2 is 1.77 bits per heavy atom. The zero-order chi connectivity index (χ0) is 22.3. The van der Waals surface area contributed by atoms with Crippen LogP contribution < -0.4 is 15.4 Å². The SMILES string of the molecule is O=C(CNc1ccccc1CN1CCC(CO)CC1)Nc1ccc(OC(F)(F)F)cc1. The van der Waals surface area contributed by atoms with E-state index in [2.05, 4.69) is 20.3 Å². The van der Waals surface area contributed by atoms with Crippen LogP contribution >= 0.6 is 0 Å². The van der Waals surface area contributed by atoms with Crippen LogP contribution in [-0.4, -0.2) is 48.5 Å². The van der Waals surface area contributed by atoms with Gasteiger partial charge in [0.05, 0.1) is 6.54 Å². The monoisotopic (exact) mass is 437 g/mol. The molecule has 2 aromatic rings. The van der Waals surface area contributed by atoms with Gasteiger partial charge in [-0.25, -0.2) is 0 Å². The standard InChI is InChI=1S/C22H26F3N3O3/c23-22(24,25)31-19-7-5-18(6-8-19)27-21(30)13-26-20-4-2-1-3-17(20)14-28-11-9-16(15-29)10-12-28/h1-8,16,26,29H,9-15H2,(H,27,30). The van der Waals surface area contributed by atoms with Gasteiger partial charge in [0.1, 0.15) is 5.75 Å². The average molecular weight is 437 g/mol. The Labute approximate surface area is 179 Å². The van der Waals surface area contributed by atoms with E-state index in [0.717, 1.165) is 55.9 Å². The van der Waals surface area contributed by atoms with Crippen LogP contribution in [0.3, 0.4) is 0 Å². The number of benzene rings is 2. The molecule has 0 bridgehead atoms.